The number of nitrogens with zero attached hydrogens (tertiary/aromatic N) is 1. The van der Waals surface area contributed by atoms with Crippen LogP contribution in [-0.4, -0.2) is 39.6 Å². The molecule has 0 saturated carbocycles. The average molecular weight is 449 g/mol. The Bertz CT molecular complexity index is 1150. The third kappa shape index (κ3) is 4.23. The van der Waals surface area contributed by atoms with Gasteiger partial charge in [-0.15, -0.1) is 0 Å². The summed E-state index contributed by atoms with van der Waals surface area (Å²) in [4.78, 5) is 25.9. The molecule has 1 aliphatic heterocycles. The first-order valence-electron chi connectivity index (χ1n) is 9.33. The van der Waals surface area contributed by atoms with E-state index in [0.29, 0.717) is 0 Å². The fraction of sp³-hybridized carbons (Fsp3) is 0.273. The molecule has 0 bridgehead atoms. The molecule has 0 saturated heterocycles. The van der Waals surface area contributed by atoms with E-state index in [1.807, 2.05) is 50.1 Å². The van der Waals surface area contributed by atoms with Crippen LogP contribution in [0.4, 0.5) is 14.5 Å². The van der Waals surface area contributed by atoms with Crippen molar-refractivity contribution in [2.24, 2.45) is 0 Å². The number of sulfone groups is 1. The van der Waals surface area contributed by atoms with Crippen LogP contribution >= 0.6 is 0 Å². The fourth-order valence-electron chi connectivity index (χ4n) is 3.56. The predicted octanol–water partition coefficient (Wildman–Crippen LogP) is 3.72. The van der Waals surface area contributed by atoms with Crippen molar-refractivity contribution in [3.63, 3.8) is 0 Å². The van der Waals surface area contributed by atoms with Crippen molar-refractivity contribution in [2.75, 3.05) is 18.6 Å². The number of ketones is 1. The minimum atomic E-state index is -4.75. The highest BCUT2D eigenvalue weighted by Gasteiger charge is 2.38. The van der Waals surface area contributed by atoms with Crippen LogP contribution in [0, 0.1) is 0 Å². The van der Waals surface area contributed by atoms with E-state index >= 15 is 0 Å². The van der Waals surface area contributed by atoms with E-state index in [2.05, 4.69) is 0 Å². The number of allylic oxidation sites excluding steroid dienone is 1. The second-order valence-electron chi connectivity index (χ2n) is 7.60. The lowest BCUT2D eigenvalue weighted by Crippen LogP contribution is -2.25. The molecule has 0 unspecified atom stereocenters. The predicted molar refractivity (Wildman–Crippen MR) is 111 cm³/mol. The molecular formula is C22H21F2NO5S. The number of ether oxygens (including phenoxy) is 1. The Labute approximate surface area is 179 Å². The van der Waals surface area contributed by atoms with E-state index in [9.17, 15) is 26.8 Å². The zero-order valence-corrected chi connectivity index (χ0v) is 17.9. The molecule has 9 heteroatoms. The van der Waals surface area contributed by atoms with Crippen molar-refractivity contribution in [1.82, 2.24) is 0 Å². The van der Waals surface area contributed by atoms with Gasteiger partial charge in [0, 0.05) is 29.9 Å². The summed E-state index contributed by atoms with van der Waals surface area (Å²) in [5.41, 5.74) is 2.36. The second-order valence-corrected chi connectivity index (χ2v) is 9.52. The number of halogens is 2. The number of hydrogen-bond acceptors (Lipinski definition) is 6. The van der Waals surface area contributed by atoms with E-state index < -0.39 is 44.3 Å². The van der Waals surface area contributed by atoms with Crippen LogP contribution in [0.5, 0.6) is 0 Å². The van der Waals surface area contributed by atoms with Gasteiger partial charge in [0.15, 0.2) is 12.4 Å². The maximum Gasteiger partial charge on any atom is 0.341 e. The lowest BCUT2D eigenvalue weighted by Gasteiger charge is -2.23. The number of esters is 1. The SMILES string of the molecule is CN1C(=CC(=O)COC(=O)c2ccc(S(=O)(=O)C(F)F)cc2)C(C)(C)c2ccccc21. The summed E-state index contributed by atoms with van der Waals surface area (Å²) in [7, 11) is -2.89. The molecule has 2 aromatic carbocycles. The molecule has 2 aromatic rings. The molecule has 1 heterocycles. The molecule has 31 heavy (non-hydrogen) atoms. The van der Waals surface area contributed by atoms with Gasteiger partial charge in [0.1, 0.15) is 0 Å². The van der Waals surface area contributed by atoms with Crippen LogP contribution in [0.2, 0.25) is 0 Å². The van der Waals surface area contributed by atoms with Crippen molar-refractivity contribution in [1.29, 1.82) is 0 Å². The molecule has 0 spiro atoms. The second kappa shape index (κ2) is 8.22. The van der Waals surface area contributed by atoms with Gasteiger partial charge in [-0.25, -0.2) is 13.2 Å². The van der Waals surface area contributed by atoms with Gasteiger partial charge < -0.3 is 9.64 Å². The van der Waals surface area contributed by atoms with Gasteiger partial charge in [0.25, 0.3) is 0 Å². The van der Waals surface area contributed by atoms with Crippen LogP contribution in [0.15, 0.2) is 65.2 Å². The third-order valence-electron chi connectivity index (χ3n) is 5.24. The zero-order chi connectivity index (χ0) is 23.0. The maximum absolute atomic E-state index is 12.6. The highest BCUT2D eigenvalue weighted by atomic mass is 32.2. The van der Waals surface area contributed by atoms with Gasteiger partial charge in [0.2, 0.25) is 9.84 Å². The van der Waals surface area contributed by atoms with Gasteiger partial charge in [-0.3, -0.25) is 4.79 Å². The number of benzene rings is 2. The number of anilines is 1. The Kier molecular flexibility index (Phi) is 6.00. The van der Waals surface area contributed by atoms with Crippen LogP contribution in [0.3, 0.4) is 0 Å². The number of carbonyl (C=O) groups is 2. The summed E-state index contributed by atoms with van der Waals surface area (Å²) in [6.07, 6.45) is 1.44. The van der Waals surface area contributed by atoms with E-state index in [0.717, 1.165) is 41.2 Å². The molecule has 3 rings (SSSR count). The zero-order valence-electron chi connectivity index (χ0n) is 17.1. The summed E-state index contributed by atoms with van der Waals surface area (Å²) in [5, 5.41) is 0. The molecule has 164 valence electrons. The van der Waals surface area contributed by atoms with Crippen molar-refractivity contribution in [3.05, 3.63) is 71.4 Å². The van der Waals surface area contributed by atoms with E-state index in [-0.39, 0.29) is 5.56 Å². The molecule has 1 aliphatic rings. The van der Waals surface area contributed by atoms with E-state index in [1.165, 1.54) is 6.08 Å². The van der Waals surface area contributed by atoms with E-state index in [1.54, 1.807) is 0 Å². The maximum atomic E-state index is 12.6. The van der Waals surface area contributed by atoms with Crippen LogP contribution in [-0.2, 0) is 24.8 Å². The average Bonchev–Trinajstić information content (AvgIpc) is 2.93. The fourth-order valence-corrected chi connectivity index (χ4v) is 4.28. The van der Waals surface area contributed by atoms with Crippen molar-refractivity contribution < 1.29 is 31.5 Å². The normalized spacial score (nSPS) is 16.5. The third-order valence-corrected chi connectivity index (χ3v) is 6.64. The Morgan fingerprint density at radius 2 is 1.71 bits per heavy atom. The number of alkyl halides is 2. The Balaban J connectivity index is 1.68. The van der Waals surface area contributed by atoms with Crippen molar-refractivity contribution in [3.8, 4) is 0 Å². The lowest BCUT2D eigenvalue weighted by atomic mass is 9.83. The quantitative estimate of drug-likeness (QED) is 0.494. The Morgan fingerprint density at radius 3 is 2.29 bits per heavy atom. The number of rotatable bonds is 6. The van der Waals surface area contributed by atoms with Gasteiger partial charge >= 0.3 is 11.7 Å². The van der Waals surface area contributed by atoms with Gasteiger partial charge in [-0.1, -0.05) is 32.0 Å². The topological polar surface area (TPSA) is 80.8 Å². The van der Waals surface area contributed by atoms with Crippen LogP contribution in [0.25, 0.3) is 0 Å². The first kappa shape index (κ1) is 22.6. The van der Waals surface area contributed by atoms with Gasteiger partial charge in [0.05, 0.1) is 10.5 Å². The first-order chi connectivity index (χ1) is 14.5. The number of para-hydroxylation sites is 1. The lowest BCUT2D eigenvalue weighted by molar-refractivity contribution is -0.117. The Morgan fingerprint density at radius 1 is 1.10 bits per heavy atom. The monoisotopic (exact) mass is 449 g/mol. The van der Waals surface area contributed by atoms with Crippen LogP contribution < -0.4 is 4.90 Å². The molecule has 0 aliphatic carbocycles. The summed E-state index contributed by atoms with van der Waals surface area (Å²) in [6.45, 7) is 3.48. The minimum absolute atomic E-state index is 0.0561. The largest absolute Gasteiger partial charge is 0.454 e. The summed E-state index contributed by atoms with van der Waals surface area (Å²) < 4.78 is 53.0. The molecule has 0 radical (unpaired) electrons. The number of fused-ring (bicyclic) bond motifs is 1. The molecule has 0 amide bonds. The van der Waals surface area contributed by atoms with Gasteiger partial charge in [-0.05, 0) is 35.9 Å². The van der Waals surface area contributed by atoms with Crippen LogP contribution in [0.1, 0.15) is 29.8 Å². The molecule has 0 N–H and O–H groups in total. The molecule has 0 atom stereocenters. The van der Waals surface area contributed by atoms with Gasteiger partial charge in [-0.2, -0.15) is 8.78 Å². The summed E-state index contributed by atoms with van der Waals surface area (Å²) >= 11 is 0. The first-order valence-corrected chi connectivity index (χ1v) is 10.9. The summed E-state index contributed by atoms with van der Waals surface area (Å²) in [5.74, 6) is -4.84. The highest BCUT2D eigenvalue weighted by molar-refractivity contribution is 7.91. The number of hydrogen-bond donors (Lipinski definition) is 0. The molecular weight excluding hydrogens is 428 g/mol. The highest BCUT2D eigenvalue weighted by Crippen LogP contribution is 2.46. The smallest absolute Gasteiger partial charge is 0.341 e. The number of carbonyl (C=O) groups excluding carboxylic acids is 2. The Hall–Kier alpha value is -3.07. The standard InChI is InChI=1S/C22H21F2NO5S/c1-22(2)17-6-4-5-7-18(17)25(3)19(22)12-15(26)13-30-20(27)14-8-10-16(11-9-14)31(28,29)21(23)24/h4-12,21H,13H2,1-3H3. The summed E-state index contributed by atoms with van der Waals surface area (Å²) in [6, 6.07) is 11.7. The van der Waals surface area contributed by atoms with Crippen molar-refractivity contribution >= 4 is 27.3 Å². The minimum Gasteiger partial charge on any atom is -0.454 e. The molecule has 0 fully saturated rings. The molecule has 0 aromatic heterocycles. The van der Waals surface area contributed by atoms with E-state index in [4.69, 9.17) is 4.74 Å². The molecule has 6 nitrogen and oxygen atoms in total. The van der Waals surface area contributed by atoms with Crippen molar-refractivity contribution in [2.45, 2.75) is 29.9 Å². The number of likely N-dealkylation sites (N-methyl/N-ethyl adjacent to an activating group) is 1.